The quantitative estimate of drug-likeness (QED) is 0.184. The van der Waals surface area contributed by atoms with Crippen molar-refractivity contribution in [2.45, 2.75) is 71.3 Å². The van der Waals surface area contributed by atoms with Gasteiger partial charge in [0.15, 0.2) is 0 Å². The number of unbranched alkanes of at least 4 members (excludes halogenated alkanes) is 1. The Morgan fingerprint density at radius 3 is 2.44 bits per heavy atom. The molecule has 0 aliphatic carbocycles. The molecule has 1 fully saturated rings. The Hall–Kier alpha value is -2.22. The molecule has 190 valence electrons. The second kappa shape index (κ2) is 13.0. The number of esters is 1. The number of likely N-dealkylation sites (tertiary alicyclic amines) is 1. The van der Waals surface area contributed by atoms with Gasteiger partial charge in [0, 0.05) is 31.5 Å². The lowest BCUT2D eigenvalue weighted by atomic mass is 10.1. The van der Waals surface area contributed by atoms with Crippen LogP contribution in [0, 0.1) is 5.92 Å². The third-order valence-electron chi connectivity index (χ3n) is 5.69. The summed E-state index contributed by atoms with van der Waals surface area (Å²) < 4.78 is 25.0. The smallest absolute Gasteiger partial charge is 0.326 e. The van der Waals surface area contributed by atoms with Crippen molar-refractivity contribution in [2.24, 2.45) is 5.92 Å². The number of hydrogen-bond donors (Lipinski definition) is 2. The van der Waals surface area contributed by atoms with E-state index in [1.165, 1.54) is 0 Å². The van der Waals surface area contributed by atoms with Crippen molar-refractivity contribution in [1.29, 1.82) is 0 Å². The van der Waals surface area contributed by atoms with Crippen molar-refractivity contribution in [2.75, 3.05) is 18.9 Å². The van der Waals surface area contributed by atoms with E-state index in [9.17, 15) is 29.2 Å². The van der Waals surface area contributed by atoms with Crippen molar-refractivity contribution >= 4 is 25.2 Å². The maximum atomic E-state index is 13.9. The van der Waals surface area contributed by atoms with E-state index in [2.05, 4.69) is 0 Å². The molecule has 1 amide bonds. The summed E-state index contributed by atoms with van der Waals surface area (Å²) in [5, 5.41) is 19.3. The van der Waals surface area contributed by atoms with Crippen LogP contribution in [0.15, 0.2) is 30.3 Å². The Morgan fingerprint density at radius 1 is 1.18 bits per heavy atom. The minimum atomic E-state index is -3.65. The summed E-state index contributed by atoms with van der Waals surface area (Å²) in [5.74, 6) is -2.68. The van der Waals surface area contributed by atoms with E-state index in [1.54, 1.807) is 20.8 Å². The highest BCUT2D eigenvalue weighted by Crippen LogP contribution is 2.50. The number of carboxylic acid groups (broad SMARTS) is 1. The van der Waals surface area contributed by atoms with Gasteiger partial charge in [0.2, 0.25) is 19.6 Å². The molecule has 0 spiro atoms. The number of aliphatic hydroxyl groups excluding tert-OH is 1. The topological polar surface area (TPSA) is 130 Å². The summed E-state index contributed by atoms with van der Waals surface area (Å²) in [5.41, 5.74) is 1.14. The van der Waals surface area contributed by atoms with Crippen molar-refractivity contribution in [1.82, 2.24) is 4.90 Å². The number of aliphatic hydroxyl groups is 1. The van der Waals surface area contributed by atoms with Gasteiger partial charge in [-0.15, -0.1) is 0 Å². The first-order chi connectivity index (χ1) is 16.0. The average Bonchev–Trinajstić information content (AvgIpc) is 3.19. The van der Waals surface area contributed by atoms with Gasteiger partial charge in [-0.05, 0) is 24.8 Å². The number of benzene rings is 1. The van der Waals surface area contributed by atoms with Crippen LogP contribution in [0.3, 0.4) is 0 Å². The molecule has 1 saturated heterocycles. The lowest BCUT2D eigenvalue weighted by molar-refractivity contribution is -0.169. The molecule has 10 heteroatoms. The standard InChI is InChI=1S/C24H36NO8P/c1-4-22(28)32-24(17(2)3)33-34(31,13-9-8-12-18-10-6-5-7-11-18)16-21(27)25-15-19(26)14-20(25)23(29)30/h5-7,10-11,17,19-20,24,26H,4,8-9,12-16H2,1-3H3,(H,29,30)/t19-,20+,24-,34?/m1/s1. The van der Waals surface area contributed by atoms with Crippen molar-refractivity contribution in [3.05, 3.63) is 35.9 Å². The van der Waals surface area contributed by atoms with Crippen LogP contribution in [-0.2, 0) is 34.6 Å². The van der Waals surface area contributed by atoms with Gasteiger partial charge >= 0.3 is 11.9 Å². The van der Waals surface area contributed by atoms with Gasteiger partial charge in [-0.1, -0.05) is 51.1 Å². The molecule has 0 bridgehead atoms. The third kappa shape index (κ3) is 8.53. The number of carbonyl (C=O) groups excluding carboxylic acids is 2. The Bertz CT molecular complexity index is 875. The molecular formula is C24H36NO8P. The lowest BCUT2D eigenvalue weighted by Crippen LogP contribution is -2.42. The first kappa shape index (κ1) is 28.0. The summed E-state index contributed by atoms with van der Waals surface area (Å²) in [4.78, 5) is 37.4. The monoisotopic (exact) mass is 497 g/mol. The summed E-state index contributed by atoms with van der Waals surface area (Å²) >= 11 is 0. The van der Waals surface area contributed by atoms with Crippen LogP contribution in [0.25, 0.3) is 0 Å². The Kier molecular flexibility index (Phi) is 10.7. The zero-order valence-electron chi connectivity index (χ0n) is 20.1. The van der Waals surface area contributed by atoms with Crippen LogP contribution >= 0.6 is 7.37 Å². The number of hydrogen-bond acceptors (Lipinski definition) is 7. The molecule has 9 nitrogen and oxygen atoms in total. The largest absolute Gasteiger partial charge is 0.480 e. The molecule has 1 heterocycles. The normalized spacial score (nSPS) is 20.7. The highest BCUT2D eigenvalue weighted by Gasteiger charge is 2.42. The predicted octanol–water partition coefficient (Wildman–Crippen LogP) is 3.29. The van der Waals surface area contributed by atoms with Gasteiger partial charge in [0.05, 0.1) is 6.10 Å². The fourth-order valence-electron chi connectivity index (χ4n) is 3.80. The predicted molar refractivity (Wildman–Crippen MR) is 127 cm³/mol. The van der Waals surface area contributed by atoms with Gasteiger partial charge < -0.3 is 19.8 Å². The van der Waals surface area contributed by atoms with Crippen LogP contribution in [0.5, 0.6) is 0 Å². The van der Waals surface area contributed by atoms with Gasteiger partial charge in [-0.25, -0.2) is 4.79 Å². The molecule has 0 aromatic heterocycles. The minimum absolute atomic E-state index is 0.0773. The van der Waals surface area contributed by atoms with E-state index in [0.717, 1.165) is 16.9 Å². The van der Waals surface area contributed by atoms with Crippen molar-refractivity contribution in [3.63, 3.8) is 0 Å². The number of amides is 1. The number of aryl methyl sites for hydroxylation is 1. The molecule has 34 heavy (non-hydrogen) atoms. The van der Waals surface area contributed by atoms with Gasteiger partial charge in [0.1, 0.15) is 12.2 Å². The number of ether oxygens (including phenoxy) is 1. The molecule has 1 unspecified atom stereocenters. The van der Waals surface area contributed by atoms with E-state index in [4.69, 9.17) is 9.26 Å². The fourth-order valence-corrected chi connectivity index (χ4v) is 6.10. The number of aliphatic carboxylic acids is 1. The van der Waals surface area contributed by atoms with E-state index < -0.39 is 49.8 Å². The summed E-state index contributed by atoms with van der Waals surface area (Å²) in [6.07, 6.45) is -0.417. The van der Waals surface area contributed by atoms with Gasteiger partial charge in [0.25, 0.3) is 0 Å². The Labute approximate surface area is 200 Å². The lowest BCUT2D eigenvalue weighted by Gasteiger charge is -2.29. The van der Waals surface area contributed by atoms with Gasteiger partial charge in [-0.3, -0.25) is 18.7 Å². The van der Waals surface area contributed by atoms with E-state index in [1.807, 2.05) is 30.3 Å². The molecular weight excluding hydrogens is 461 g/mol. The first-order valence-electron chi connectivity index (χ1n) is 11.7. The maximum Gasteiger partial charge on any atom is 0.326 e. The van der Waals surface area contributed by atoms with E-state index in [-0.39, 0.29) is 31.5 Å². The fraction of sp³-hybridized carbons (Fsp3) is 0.625. The molecule has 1 aliphatic heterocycles. The summed E-state index contributed by atoms with van der Waals surface area (Å²) in [6.45, 7) is 5.01. The molecule has 1 aliphatic rings. The molecule has 0 radical (unpaired) electrons. The van der Waals surface area contributed by atoms with Crippen LogP contribution in [0.2, 0.25) is 0 Å². The highest BCUT2D eigenvalue weighted by molar-refractivity contribution is 7.59. The van der Waals surface area contributed by atoms with Crippen LogP contribution in [-0.4, -0.2) is 70.3 Å². The maximum absolute atomic E-state index is 13.9. The van der Waals surface area contributed by atoms with Crippen LogP contribution < -0.4 is 0 Å². The zero-order chi connectivity index (χ0) is 25.3. The van der Waals surface area contributed by atoms with Crippen LogP contribution in [0.4, 0.5) is 0 Å². The summed E-state index contributed by atoms with van der Waals surface area (Å²) in [6, 6.07) is 8.65. The number of rotatable bonds is 13. The molecule has 2 N–H and O–H groups in total. The molecule has 1 aromatic carbocycles. The summed E-state index contributed by atoms with van der Waals surface area (Å²) in [7, 11) is -3.65. The number of carboxylic acids is 1. The van der Waals surface area contributed by atoms with E-state index >= 15 is 0 Å². The zero-order valence-corrected chi connectivity index (χ0v) is 21.0. The van der Waals surface area contributed by atoms with Crippen molar-refractivity contribution < 1.29 is 38.4 Å². The Balaban J connectivity index is 2.13. The molecule has 2 rings (SSSR count). The molecule has 4 atom stereocenters. The minimum Gasteiger partial charge on any atom is -0.480 e. The van der Waals surface area contributed by atoms with E-state index in [0.29, 0.717) is 12.8 Å². The number of nitrogens with zero attached hydrogens (tertiary/aromatic N) is 1. The second-order valence-electron chi connectivity index (χ2n) is 8.99. The Morgan fingerprint density at radius 2 is 1.85 bits per heavy atom. The second-order valence-corrected chi connectivity index (χ2v) is 11.6. The number of carbonyl (C=O) groups is 3. The molecule has 0 saturated carbocycles. The molecule has 1 aromatic rings. The average molecular weight is 498 g/mol. The van der Waals surface area contributed by atoms with Crippen LogP contribution in [0.1, 0.15) is 52.0 Å². The number of β-amino-alcohol motifs (C(OH)–C–C–N with tert-alkyl or cyclic N) is 1. The van der Waals surface area contributed by atoms with Gasteiger partial charge in [-0.2, -0.15) is 0 Å². The SMILES string of the molecule is CCC(=O)O[C@H](OP(=O)(CCCCc1ccccc1)CC(=O)N1C[C@H](O)C[C@H]1C(=O)O)C(C)C. The third-order valence-corrected chi connectivity index (χ3v) is 8.04. The first-order valence-corrected chi connectivity index (χ1v) is 13.7. The highest BCUT2D eigenvalue weighted by atomic mass is 31.2. The van der Waals surface area contributed by atoms with Crippen molar-refractivity contribution in [3.8, 4) is 0 Å².